The molecule has 8 heteroatoms. The van der Waals surface area contributed by atoms with E-state index in [2.05, 4.69) is 77.2 Å². The molecule has 3 unspecified atom stereocenters. The first-order valence-corrected chi connectivity index (χ1v) is 17.3. The lowest BCUT2D eigenvalue weighted by molar-refractivity contribution is -0.252. The zero-order valence-corrected chi connectivity index (χ0v) is 28.6. The monoisotopic (exact) mass is 663 g/mol. The van der Waals surface area contributed by atoms with Crippen molar-refractivity contribution in [2.45, 2.75) is 77.2 Å². The van der Waals surface area contributed by atoms with E-state index < -0.39 is 6.29 Å². The number of hydrogen-bond acceptors (Lipinski definition) is 6. The number of nitrogens with one attached hydrogen (secondary N) is 2. The summed E-state index contributed by atoms with van der Waals surface area (Å²) in [5.41, 5.74) is 7.31. The van der Waals surface area contributed by atoms with E-state index in [1.54, 1.807) is 0 Å². The first kappa shape index (κ1) is 36.0. The molecule has 1 heterocycles. The van der Waals surface area contributed by atoms with Crippen molar-refractivity contribution in [2.24, 2.45) is 0 Å². The van der Waals surface area contributed by atoms with Gasteiger partial charge in [0.1, 0.15) is 0 Å². The molecule has 0 saturated carbocycles. The molecule has 1 saturated heterocycles. The summed E-state index contributed by atoms with van der Waals surface area (Å²) in [6.45, 7) is 4.21. The molecule has 0 bridgehead atoms. The molecule has 1 fully saturated rings. The predicted molar refractivity (Wildman–Crippen MR) is 192 cm³/mol. The van der Waals surface area contributed by atoms with Crippen LogP contribution in [0, 0.1) is 0 Å². The van der Waals surface area contributed by atoms with Gasteiger partial charge >= 0.3 is 0 Å². The molecule has 0 aromatic heterocycles. The van der Waals surface area contributed by atoms with Crippen LogP contribution in [0.5, 0.6) is 0 Å². The Hall–Kier alpha value is -4.34. The minimum Gasteiger partial charge on any atom is -0.392 e. The molecule has 8 nitrogen and oxygen atoms in total. The van der Waals surface area contributed by atoms with Gasteiger partial charge in [0.2, 0.25) is 11.8 Å². The Morgan fingerprint density at radius 2 is 1.51 bits per heavy atom. The maximum atomic E-state index is 12.5. The minimum atomic E-state index is -0.534. The summed E-state index contributed by atoms with van der Waals surface area (Å²) < 4.78 is 13.2. The number of carbonyl (C=O) groups is 2. The third-order valence-corrected chi connectivity index (χ3v) is 8.87. The lowest BCUT2D eigenvalue weighted by atomic mass is 9.97. The maximum Gasteiger partial charge on any atom is 0.220 e. The number of amides is 2. The fourth-order valence-electron chi connectivity index (χ4n) is 6.25. The highest BCUT2D eigenvalue weighted by molar-refractivity contribution is 5.76. The van der Waals surface area contributed by atoms with Gasteiger partial charge in [0.05, 0.1) is 18.8 Å². The van der Waals surface area contributed by atoms with Crippen LogP contribution in [0.15, 0.2) is 103 Å². The van der Waals surface area contributed by atoms with Crippen LogP contribution in [-0.2, 0) is 38.8 Å². The van der Waals surface area contributed by atoms with E-state index in [4.69, 9.17) is 9.47 Å². The Kier molecular flexibility index (Phi) is 13.5. The number of carbonyl (C=O) groups excluding carboxylic acids is 2. The van der Waals surface area contributed by atoms with Crippen LogP contribution in [0.3, 0.4) is 0 Å². The Morgan fingerprint density at radius 3 is 2.24 bits per heavy atom. The van der Waals surface area contributed by atoms with E-state index in [1.165, 1.54) is 12.5 Å². The van der Waals surface area contributed by atoms with Crippen LogP contribution in [-0.4, -0.2) is 48.1 Å². The van der Waals surface area contributed by atoms with Gasteiger partial charge in [-0.05, 0) is 53.3 Å². The average molecular weight is 664 g/mol. The van der Waals surface area contributed by atoms with Crippen LogP contribution < -0.4 is 10.6 Å². The summed E-state index contributed by atoms with van der Waals surface area (Å²) >= 11 is 0. The second-order valence-corrected chi connectivity index (χ2v) is 12.9. The first-order chi connectivity index (χ1) is 23.9. The number of likely N-dealkylation sites (N-methyl/N-ethyl adjacent to an activating group) is 1. The number of ether oxygens (including phenoxy) is 2. The minimum absolute atomic E-state index is 0.00835. The Bertz CT molecular complexity index is 1610. The molecule has 0 aliphatic carbocycles. The molecule has 49 heavy (non-hydrogen) atoms. The molecule has 1 aliphatic rings. The van der Waals surface area contributed by atoms with E-state index in [0.717, 1.165) is 72.2 Å². The number of aliphatic hydroxyl groups excluding tert-OH is 1. The maximum absolute atomic E-state index is 12.5. The summed E-state index contributed by atoms with van der Waals surface area (Å²) in [5.74, 6) is 0.00419. The van der Waals surface area contributed by atoms with Crippen molar-refractivity contribution >= 4 is 11.8 Å². The van der Waals surface area contributed by atoms with Gasteiger partial charge in [0.25, 0.3) is 0 Å². The van der Waals surface area contributed by atoms with E-state index in [1.807, 2.05) is 48.5 Å². The van der Waals surface area contributed by atoms with Crippen LogP contribution in [0.25, 0.3) is 11.1 Å². The number of hydrogen-bond donors (Lipinski definition) is 3. The molecule has 1 aliphatic heterocycles. The topological polar surface area (TPSA) is 100 Å². The Balaban J connectivity index is 1.23. The quantitative estimate of drug-likeness (QED) is 0.114. The summed E-state index contributed by atoms with van der Waals surface area (Å²) in [6.07, 6.45) is 3.02. The highest BCUT2D eigenvalue weighted by atomic mass is 16.7. The van der Waals surface area contributed by atoms with Crippen molar-refractivity contribution in [2.75, 3.05) is 20.1 Å². The first-order valence-electron chi connectivity index (χ1n) is 17.3. The normalized spacial score (nSPS) is 17.5. The molecule has 0 radical (unpaired) electrons. The molecule has 4 aromatic rings. The van der Waals surface area contributed by atoms with Gasteiger partial charge in [-0.25, -0.2) is 0 Å². The van der Waals surface area contributed by atoms with Gasteiger partial charge < -0.3 is 25.2 Å². The van der Waals surface area contributed by atoms with Crippen LogP contribution in [0.1, 0.15) is 79.2 Å². The van der Waals surface area contributed by atoms with Gasteiger partial charge in [-0.2, -0.15) is 0 Å². The summed E-state index contributed by atoms with van der Waals surface area (Å²) in [7, 11) is 2.12. The van der Waals surface area contributed by atoms with Crippen molar-refractivity contribution in [1.82, 2.24) is 15.5 Å². The van der Waals surface area contributed by atoms with E-state index in [9.17, 15) is 14.7 Å². The summed E-state index contributed by atoms with van der Waals surface area (Å²) in [6, 6.07) is 34.9. The molecule has 258 valence electrons. The highest BCUT2D eigenvalue weighted by Crippen LogP contribution is 2.39. The summed E-state index contributed by atoms with van der Waals surface area (Å²) in [4.78, 5) is 25.8. The fourth-order valence-corrected chi connectivity index (χ4v) is 6.25. The fraction of sp³-hybridized carbons (Fsp3) is 0.366. The van der Waals surface area contributed by atoms with E-state index in [0.29, 0.717) is 19.5 Å². The van der Waals surface area contributed by atoms with Crippen molar-refractivity contribution in [1.29, 1.82) is 0 Å². The second-order valence-electron chi connectivity index (χ2n) is 12.9. The second kappa shape index (κ2) is 18.4. The van der Waals surface area contributed by atoms with E-state index in [-0.39, 0.29) is 30.6 Å². The lowest BCUT2D eigenvalue weighted by Crippen LogP contribution is -2.37. The number of unbranched alkanes of at least 4 members (excludes halogenated alkanes) is 2. The largest absolute Gasteiger partial charge is 0.392 e. The predicted octanol–water partition coefficient (Wildman–Crippen LogP) is 6.84. The molecule has 3 atom stereocenters. The van der Waals surface area contributed by atoms with Crippen LogP contribution >= 0.6 is 0 Å². The number of rotatable bonds is 16. The van der Waals surface area contributed by atoms with Crippen LogP contribution in [0.2, 0.25) is 0 Å². The third-order valence-electron chi connectivity index (χ3n) is 8.87. The van der Waals surface area contributed by atoms with Gasteiger partial charge in [-0.3, -0.25) is 14.5 Å². The molecule has 5 rings (SSSR count). The van der Waals surface area contributed by atoms with Gasteiger partial charge in [0, 0.05) is 51.5 Å². The standard InChI is InChI=1S/C41H49N3O5/c1-30(46)42-24-10-4-7-15-40(47)43-26-36-13-8-9-14-38(36)33-20-22-35(23-21-33)41-48-37(28-44(2)27-31-11-5-3-6-12-31)25-39(49-41)34-18-16-32(29-45)17-19-34/h3,5-6,8-9,11-14,16-23,37,39,41,45H,4,7,10,15,24-29H2,1-2H3,(H,42,46)(H,43,47). The van der Waals surface area contributed by atoms with Crippen molar-refractivity contribution in [3.63, 3.8) is 0 Å². The zero-order valence-electron chi connectivity index (χ0n) is 28.6. The smallest absolute Gasteiger partial charge is 0.220 e. The van der Waals surface area contributed by atoms with Gasteiger partial charge in [0.15, 0.2) is 6.29 Å². The van der Waals surface area contributed by atoms with Crippen LogP contribution in [0.4, 0.5) is 0 Å². The molecular weight excluding hydrogens is 614 g/mol. The molecule has 2 amide bonds. The molecule has 4 aromatic carbocycles. The summed E-state index contributed by atoms with van der Waals surface area (Å²) in [5, 5.41) is 15.4. The number of aliphatic hydroxyl groups is 1. The lowest BCUT2D eigenvalue weighted by Gasteiger charge is -2.38. The van der Waals surface area contributed by atoms with Crippen molar-refractivity contribution in [3.05, 3.63) is 131 Å². The van der Waals surface area contributed by atoms with Crippen molar-refractivity contribution in [3.8, 4) is 11.1 Å². The Morgan fingerprint density at radius 1 is 0.796 bits per heavy atom. The van der Waals surface area contributed by atoms with Gasteiger partial charge in [-0.15, -0.1) is 0 Å². The Labute approximate surface area is 290 Å². The third kappa shape index (κ3) is 11.1. The van der Waals surface area contributed by atoms with E-state index >= 15 is 0 Å². The molecule has 3 N–H and O–H groups in total. The number of nitrogens with zero attached hydrogens (tertiary/aromatic N) is 1. The number of benzene rings is 4. The zero-order chi connectivity index (χ0) is 34.4. The highest BCUT2D eigenvalue weighted by Gasteiger charge is 2.33. The SMILES string of the molecule is CC(=O)NCCCCCC(=O)NCc1ccccc1-c1ccc(C2OC(CN(C)Cc3ccccc3)CC(c3ccc(CO)cc3)O2)cc1. The van der Waals surface area contributed by atoms with Gasteiger partial charge in [-0.1, -0.05) is 110 Å². The molecule has 0 spiro atoms. The van der Waals surface area contributed by atoms with Crippen molar-refractivity contribution < 1.29 is 24.2 Å². The average Bonchev–Trinajstić information content (AvgIpc) is 3.12. The molecular formula is C41H49N3O5.